The minimum Gasteiger partial charge on any atom is -0.444 e. The highest BCUT2D eigenvalue weighted by Gasteiger charge is 2.31. The van der Waals surface area contributed by atoms with Gasteiger partial charge in [0.05, 0.1) is 6.04 Å². The van der Waals surface area contributed by atoms with Crippen LogP contribution in [-0.2, 0) is 9.53 Å². The van der Waals surface area contributed by atoms with Gasteiger partial charge in [0.25, 0.3) is 0 Å². The molecule has 2 amide bonds. The Morgan fingerprint density at radius 2 is 2.00 bits per heavy atom. The van der Waals surface area contributed by atoms with Crippen LogP contribution in [0.1, 0.15) is 46.5 Å². The van der Waals surface area contributed by atoms with Gasteiger partial charge in [-0.25, -0.2) is 4.79 Å². The van der Waals surface area contributed by atoms with Crippen molar-refractivity contribution in [3.05, 3.63) is 0 Å². The van der Waals surface area contributed by atoms with Crippen LogP contribution >= 0.6 is 0 Å². The number of rotatable bonds is 5. The van der Waals surface area contributed by atoms with Gasteiger partial charge in [0.2, 0.25) is 5.91 Å². The van der Waals surface area contributed by atoms with E-state index in [1.807, 2.05) is 0 Å². The van der Waals surface area contributed by atoms with Crippen molar-refractivity contribution >= 4 is 12.0 Å². The third kappa shape index (κ3) is 5.46. The van der Waals surface area contributed by atoms with Crippen molar-refractivity contribution in [2.75, 3.05) is 0 Å². The van der Waals surface area contributed by atoms with Gasteiger partial charge in [-0.1, -0.05) is 19.3 Å². The lowest BCUT2D eigenvalue weighted by atomic mass is 9.80. The molecular weight excluding hydrogens is 248 g/mol. The summed E-state index contributed by atoms with van der Waals surface area (Å²) in [6.45, 7) is 5.24. The lowest BCUT2D eigenvalue weighted by Crippen LogP contribution is -2.51. The predicted octanol–water partition coefficient (Wildman–Crippen LogP) is 0.916. The molecule has 0 radical (unpaired) electrons. The average molecular weight is 272 g/mol. The lowest BCUT2D eigenvalue weighted by Gasteiger charge is -2.32. The van der Waals surface area contributed by atoms with Crippen molar-refractivity contribution < 1.29 is 19.4 Å². The summed E-state index contributed by atoms with van der Waals surface area (Å²) in [7, 11) is 0. The number of ether oxygens (including phenoxy) is 1. The van der Waals surface area contributed by atoms with Gasteiger partial charge in [-0.05, 0) is 33.1 Å². The summed E-state index contributed by atoms with van der Waals surface area (Å²) >= 11 is 0. The number of aliphatic hydroxyl groups excluding tert-OH is 1. The van der Waals surface area contributed by atoms with Crippen LogP contribution in [0, 0.1) is 5.92 Å². The molecule has 4 N–H and O–H groups in total. The van der Waals surface area contributed by atoms with E-state index in [0.29, 0.717) is 12.3 Å². The molecule has 1 rings (SSSR count). The van der Waals surface area contributed by atoms with Crippen molar-refractivity contribution in [1.29, 1.82) is 0 Å². The fraction of sp³-hybridized carbons (Fsp3) is 0.846. The number of nitrogens with two attached hydrogens (primary N) is 1. The van der Waals surface area contributed by atoms with Gasteiger partial charge >= 0.3 is 6.09 Å². The Morgan fingerprint density at radius 1 is 1.42 bits per heavy atom. The maximum absolute atomic E-state index is 11.7. The number of alkyl carbamates (subject to hydrolysis) is 1. The van der Waals surface area contributed by atoms with Gasteiger partial charge in [0, 0.05) is 0 Å². The van der Waals surface area contributed by atoms with Gasteiger partial charge in [-0.15, -0.1) is 0 Å². The summed E-state index contributed by atoms with van der Waals surface area (Å²) in [6, 6.07) is -0.683. The molecule has 0 aromatic rings. The number of nitrogens with one attached hydrogen (secondary N) is 1. The van der Waals surface area contributed by atoms with Crippen LogP contribution in [0.15, 0.2) is 0 Å². The first-order valence-electron chi connectivity index (χ1n) is 6.66. The molecule has 0 aliphatic heterocycles. The number of amides is 2. The summed E-state index contributed by atoms with van der Waals surface area (Å²) in [4.78, 5) is 22.8. The molecule has 0 heterocycles. The summed E-state index contributed by atoms with van der Waals surface area (Å²) in [5.41, 5.74) is 4.47. The number of primary amides is 1. The van der Waals surface area contributed by atoms with Crippen LogP contribution in [-0.4, -0.2) is 34.9 Å². The molecule has 110 valence electrons. The molecule has 1 aliphatic carbocycles. The fourth-order valence-corrected chi connectivity index (χ4v) is 2.01. The molecule has 0 bridgehead atoms. The second-order valence-corrected chi connectivity index (χ2v) is 6.13. The molecule has 2 atom stereocenters. The molecule has 1 saturated carbocycles. The van der Waals surface area contributed by atoms with Crippen LogP contribution in [0.2, 0.25) is 0 Å². The quantitative estimate of drug-likeness (QED) is 0.692. The molecule has 0 spiro atoms. The van der Waals surface area contributed by atoms with E-state index in [1.54, 1.807) is 20.8 Å². The second kappa shape index (κ2) is 6.23. The average Bonchev–Trinajstić information content (AvgIpc) is 2.17. The van der Waals surface area contributed by atoms with E-state index >= 15 is 0 Å². The van der Waals surface area contributed by atoms with E-state index in [1.165, 1.54) is 0 Å². The van der Waals surface area contributed by atoms with Crippen LogP contribution in [0.5, 0.6) is 0 Å². The zero-order chi connectivity index (χ0) is 14.6. The number of carbonyl (C=O) groups excluding carboxylic acids is 2. The topological polar surface area (TPSA) is 102 Å². The lowest BCUT2D eigenvalue weighted by molar-refractivity contribution is -0.127. The van der Waals surface area contributed by atoms with Gasteiger partial charge < -0.3 is 20.9 Å². The summed E-state index contributed by atoms with van der Waals surface area (Å²) in [5, 5.41) is 12.3. The van der Waals surface area contributed by atoms with Crippen LogP contribution in [0.3, 0.4) is 0 Å². The number of aliphatic hydroxyl groups is 1. The SMILES string of the molecule is CC(C)(C)OC(=O)N[C@H](CC1CCC1)[C@H](O)C(N)=O. The monoisotopic (exact) mass is 272 g/mol. The minimum atomic E-state index is -1.38. The number of hydrogen-bond acceptors (Lipinski definition) is 4. The van der Waals surface area contributed by atoms with Crippen molar-refractivity contribution in [2.24, 2.45) is 11.7 Å². The van der Waals surface area contributed by atoms with Gasteiger partial charge in [-0.3, -0.25) is 4.79 Å². The minimum absolute atomic E-state index is 0.425. The first-order valence-corrected chi connectivity index (χ1v) is 6.66. The maximum Gasteiger partial charge on any atom is 0.407 e. The zero-order valence-corrected chi connectivity index (χ0v) is 11.8. The first-order chi connectivity index (χ1) is 8.69. The van der Waals surface area contributed by atoms with Crippen molar-refractivity contribution in [3.8, 4) is 0 Å². The number of carbonyl (C=O) groups is 2. The smallest absolute Gasteiger partial charge is 0.407 e. The third-order valence-electron chi connectivity index (χ3n) is 3.19. The Morgan fingerprint density at radius 3 is 2.37 bits per heavy atom. The zero-order valence-electron chi connectivity index (χ0n) is 11.8. The standard InChI is InChI=1S/C13H24N2O4/c1-13(2,3)19-12(18)15-9(10(16)11(14)17)7-8-5-4-6-8/h8-10,16H,4-7H2,1-3H3,(H2,14,17)(H,15,18)/t9-,10+/m1/s1. The molecule has 1 aliphatic rings. The summed E-state index contributed by atoms with van der Waals surface area (Å²) in [5.74, 6) is -0.408. The Hall–Kier alpha value is -1.30. The first kappa shape index (κ1) is 15.8. The molecule has 19 heavy (non-hydrogen) atoms. The Balaban J connectivity index is 2.57. The molecule has 6 nitrogen and oxygen atoms in total. The molecule has 1 fully saturated rings. The van der Waals surface area contributed by atoms with Gasteiger partial charge in [0.15, 0.2) is 6.10 Å². The molecule has 6 heteroatoms. The van der Waals surface area contributed by atoms with E-state index in [4.69, 9.17) is 10.5 Å². The molecular formula is C13H24N2O4. The van der Waals surface area contributed by atoms with Crippen molar-refractivity contribution in [3.63, 3.8) is 0 Å². The molecule has 0 aromatic heterocycles. The van der Waals surface area contributed by atoms with E-state index < -0.39 is 29.7 Å². The summed E-state index contributed by atoms with van der Waals surface area (Å²) in [6.07, 6.45) is 1.78. The molecule has 0 aromatic carbocycles. The molecule has 0 saturated heterocycles. The normalized spacial score (nSPS) is 19.2. The third-order valence-corrected chi connectivity index (χ3v) is 3.19. The predicted molar refractivity (Wildman–Crippen MR) is 70.3 cm³/mol. The van der Waals surface area contributed by atoms with Crippen molar-refractivity contribution in [2.45, 2.75) is 64.2 Å². The largest absolute Gasteiger partial charge is 0.444 e. The summed E-state index contributed by atoms with van der Waals surface area (Å²) < 4.78 is 5.12. The van der Waals surface area contributed by atoms with Crippen LogP contribution in [0.4, 0.5) is 4.79 Å². The fourth-order valence-electron chi connectivity index (χ4n) is 2.01. The Bertz CT molecular complexity index is 334. The van der Waals surface area contributed by atoms with Gasteiger partial charge in [-0.2, -0.15) is 0 Å². The van der Waals surface area contributed by atoms with E-state index in [0.717, 1.165) is 19.3 Å². The van der Waals surface area contributed by atoms with E-state index in [9.17, 15) is 14.7 Å². The number of hydrogen-bond donors (Lipinski definition) is 3. The second-order valence-electron chi connectivity index (χ2n) is 6.13. The highest BCUT2D eigenvalue weighted by molar-refractivity contribution is 5.80. The highest BCUT2D eigenvalue weighted by Crippen LogP contribution is 2.31. The maximum atomic E-state index is 11.7. The highest BCUT2D eigenvalue weighted by atomic mass is 16.6. The Labute approximate surface area is 113 Å². The van der Waals surface area contributed by atoms with Gasteiger partial charge in [0.1, 0.15) is 5.60 Å². The van der Waals surface area contributed by atoms with Crippen LogP contribution in [0.25, 0.3) is 0 Å². The Kier molecular flexibility index (Phi) is 5.17. The molecule has 0 unspecified atom stereocenters. The van der Waals surface area contributed by atoms with Crippen LogP contribution < -0.4 is 11.1 Å². The van der Waals surface area contributed by atoms with Crippen molar-refractivity contribution in [1.82, 2.24) is 5.32 Å². The van der Waals surface area contributed by atoms with E-state index in [-0.39, 0.29) is 0 Å². The van der Waals surface area contributed by atoms with E-state index in [2.05, 4.69) is 5.32 Å².